The minimum atomic E-state index is -4.88. The molecule has 9 nitrogen and oxygen atoms in total. The number of benzene rings is 2. The van der Waals surface area contributed by atoms with Gasteiger partial charge in [0.1, 0.15) is 35.0 Å². The maximum Gasteiger partial charge on any atom is 0.414 e. The number of primary amides is 1. The van der Waals surface area contributed by atoms with E-state index >= 15 is 0 Å². The van der Waals surface area contributed by atoms with Gasteiger partial charge in [-0.25, -0.2) is 9.37 Å². The molecule has 0 bridgehead atoms. The standard InChI is InChI=1S/C31H29F4N5O4/c1-40-22(20-10-16(28(36)41)11-23(26(20)39-40)44-19-8-9-19)13-29(42,17-4-5-17)24-12-21-27(43-14-30(21,37)31(33,34)35)25(38-24)15-2-6-18(32)7-3-15/h2-3,6-7,10-12,17,19,42H,4-5,8-9,13-14,37H2,1H3,(H2,36,41)/t29-,30-/m0/s1. The first kappa shape index (κ1) is 28.5. The summed E-state index contributed by atoms with van der Waals surface area (Å²) < 4.78 is 70.0. The minimum Gasteiger partial charge on any atom is -0.488 e. The number of carbonyl (C=O) groups excluding carboxylic acids is 1. The van der Waals surface area contributed by atoms with Crippen LogP contribution >= 0.6 is 0 Å². The van der Waals surface area contributed by atoms with E-state index in [4.69, 9.17) is 20.9 Å². The zero-order chi connectivity index (χ0) is 31.2. The number of alkyl halides is 3. The second kappa shape index (κ2) is 9.63. The number of carbonyl (C=O) groups is 1. The lowest BCUT2D eigenvalue weighted by Crippen LogP contribution is -2.52. The van der Waals surface area contributed by atoms with Crippen LogP contribution in [0.15, 0.2) is 42.5 Å². The van der Waals surface area contributed by atoms with Gasteiger partial charge in [-0.1, -0.05) is 0 Å². The highest BCUT2D eigenvalue weighted by atomic mass is 19.4. The fraction of sp³-hybridized carbons (Fsp3) is 0.387. The number of nitrogens with two attached hydrogens (primary N) is 2. The Bertz CT molecular complexity index is 1820. The summed E-state index contributed by atoms with van der Waals surface area (Å²) in [5, 5.41) is 17.6. The van der Waals surface area contributed by atoms with Crippen LogP contribution in [-0.2, 0) is 24.6 Å². The smallest absolute Gasteiger partial charge is 0.414 e. The molecule has 2 atom stereocenters. The number of ether oxygens (including phenoxy) is 2. The summed E-state index contributed by atoms with van der Waals surface area (Å²) in [6, 6.07) is 9.39. The third-order valence-corrected chi connectivity index (χ3v) is 8.78. The van der Waals surface area contributed by atoms with Gasteiger partial charge in [-0.05, 0) is 74.1 Å². The number of halogens is 4. The number of amides is 1. The van der Waals surface area contributed by atoms with Gasteiger partial charge in [0.25, 0.3) is 0 Å². The average molecular weight is 612 g/mol. The third-order valence-electron chi connectivity index (χ3n) is 8.78. The number of hydrogen-bond acceptors (Lipinski definition) is 7. The van der Waals surface area contributed by atoms with Gasteiger partial charge in [-0.15, -0.1) is 0 Å². The molecule has 5 N–H and O–H groups in total. The van der Waals surface area contributed by atoms with Crippen LogP contribution < -0.4 is 20.9 Å². The molecule has 13 heteroatoms. The highest BCUT2D eigenvalue weighted by Gasteiger charge is 2.59. The maximum absolute atomic E-state index is 14.4. The lowest BCUT2D eigenvalue weighted by atomic mass is 9.83. The molecule has 7 rings (SSSR count). The summed E-state index contributed by atoms with van der Waals surface area (Å²) in [5.74, 6) is -1.34. The molecule has 3 heterocycles. The van der Waals surface area contributed by atoms with Crippen LogP contribution in [-0.4, -0.2) is 44.7 Å². The van der Waals surface area contributed by atoms with Crippen molar-refractivity contribution >= 4 is 16.8 Å². The SMILES string of the molecule is Cn1nc2c(OC3CC3)cc(C(N)=O)cc2c1C[C@@](O)(c1cc2c(c(-c3ccc(F)cc3)n1)OC[C@@]2(N)C(F)(F)F)C1CC1. The molecule has 3 aliphatic rings. The van der Waals surface area contributed by atoms with E-state index in [1.54, 1.807) is 23.9 Å². The first-order chi connectivity index (χ1) is 20.8. The highest BCUT2D eigenvalue weighted by Crippen LogP contribution is 2.53. The molecule has 1 aliphatic heterocycles. The molecule has 0 spiro atoms. The number of nitrogens with zero attached hydrogens (tertiary/aromatic N) is 3. The van der Waals surface area contributed by atoms with Gasteiger partial charge in [0.15, 0.2) is 11.3 Å². The number of rotatable bonds is 8. The molecule has 0 unspecified atom stereocenters. The quantitative estimate of drug-likeness (QED) is 0.252. The number of aromatic nitrogens is 3. The van der Waals surface area contributed by atoms with Crippen molar-refractivity contribution in [2.45, 2.75) is 55.5 Å². The molecule has 2 fully saturated rings. The van der Waals surface area contributed by atoms with E-state index in [1.165, 1.54) is 18.2 Å². The van der Waals surface area contributed by atoms with Crippen LogP contribution in [0.1, 0.15) is 53.0 Å². The van der Waals surface area contributed by atoms with Gasteiger partial charge in [-0.3, -0.25) is 9.48 Å². The van der Waals surface area contributed by atoms with Crippen LogP contribution in [0.25, 0.3) is 22.2 Å². The molecule has 230 valence electrons. The van der Waals surface area contributed by atoms with Crippen molar-refractivity contribution < 1.29 is 36.9 Å². The Morgan fingerprint density at radius 1 is 1.16 bits per heavy atom. The van der Waals surface area contributed by atoms with E-state index in [-0.39, 0.29) is 46.7 Å². The van der Waals surface area contributed by atoms with Crippen molar-refractivity contribution in [3.05, 3.63) is 70.8 Å². The summed E-state index contributed by atoms with van der Waals surface area (Å²) in [7, 11) is 1.68. The Morgan fingerprint density at radius 2 is 1.86 bits per heavy atom. The summed E-state index contributed by atoms with van der Waals surface area (Å²) in [6.45, 7) is -0.876. The second-order valence-corrected chi connectivity index (χ2v) is 12.0. The van der Waals surface area contributed by atoms with Crippen molar-refractivity contribution in [3.63, 3.8) is 0 Å². The number of hydrogen-bond donors (Lipinski definition) is 3. The molecule has 2 aromatic heterocycles. The van der Waals surface area contributed by atoms with E-state index in [0.717, 1.165) is 25.0 Å². The van der Waals surface area contributed by atoms with Crippen molar-refractivity contribution in [2.75, 3.05) is 6.61 Å². The van der Waals surface area contributed by atoms with Crippen LogP contribution in [0.5, 0.6) is 11.5 Å². The Balaban J connectivity index is 1.41. The Hall–Kier alpha value is -4.23. The molecular formula is C31H29F4N5O4. The summed E-state index contributed by atoms with van der Waals surface area (Å²) in [6.07, 6.45) is -2.04. The van der Waals surface area contributed by atoms with Gasteiger partial charge in [0, 0.05) is 41.2 Å². The highest BCUT2D eigenvalue weighted by molar-refractivity contribution is 5.99. The number of pyridine rings is 1. The van der Waals surface area contributed by atoms with Crippen LogP contribution in [0.3, 0.4) is 0 Å². The van der Waals surface area contributed by atoms with Gasteiger partial charge >= 0.3 is 6.18 Å². The molecule has 44 heavy (non-hydrogen) atoms. The maximum atomic E-state index is 14.4. The second-order valence-electron chi connectivity index (χ2n) is 12.0. The zero-order valence-electron chi connectivity index (χ0n) is 23.6. The fourth-order valence-corrected chi connectivity index (χ4v) is 5.92. The van der Waals surface area contributed by atoms with E-state index in [9.17, 15) is 27.5 Å². The van der Waals surface area contributed by atoms with Gasteiger partial charge in [-0.2, -0.15) is 18.3 Å². The lowest BCUT2D eigenvalue weighted by molar-refractivity contribution is -0.191. The minimum absolute atomic E-state index is 0.00283. The topological polar surface area (TPSA) is 139 Å². The van der Waals surface area contributed by atoms with E-state index in [2.05, 4.69) is 10.1 Å². The molecular weight excluding hydrogens is 582 g/mol. The van der Waals surface area contributed by atoms with Crippen molar-refractivity contribution in [1.82, 2.24) is 14.8 Å². The van der Waals surface area contributed by atoms with Crippen LogP contribution in [0, 0.1) is 11.7 Å². The summed E-state index contributed by atoms with van der Waals surface area (Å²) >= 11 is 0. The van der Waals surface area contributed by atoms with Gasteiger partial charge in [0.2, 0.25) is 5.91 Å². The predicted octanol–water partition coefficient (Wildman–Crippen LogP) is 4.36. The fourth-order valence-electron chi connectivity index (χ4n) is 5.92. The molecule has 2 aliphatic carbocycles. The number of aliphatic hydroxyl groups is 1. The van der Waals surface area contributed by atoms with Crippen molar-refractivity contribution in [2.24, 2.45) is 24.4 Å². The Morgan fingerprint density at radius 3 is 2.48 bits per heavy atom. The molecule has 4 aromatic rings. The molecule has 0 saturated heterocycles. The van der Waals surface area contributed by atoms with E-state index < -0.39 is 35.6 Å². The lowest BCUT2D eigenvalue weighted by Gasteiger charge is -2.31. The average Bonchev–Trinajstić information content (AvgIpc) is 3.91. The monoisotopic (exact) mass is 611 g/mol. The molecule has 0 radical (unpaired) electrons. The van der Waals surface area contributed by atoms with Crippen LogP contribution in [0.2, 0.25) is 0 Å². The molecule has 2 aromatic carbocycles. The largest absolute Gasteiger partial charge is 0.488 e. The van der Waals surface area contributed by atoms with Crippen LogP contribution in [0.4, 0.5) is 17.6 Å². The van der Waals surface area contributed by atoms with Gasteiger partial charge in [0.05, 0.1) is 11.8 Å². The molecule has 2 saturated carbocycles. The molecule has 1 amide bonds. The van der Waals surface area contributed by atoms with E-state index in [1.807, 2.05) is 0 Å². The van der Waals surface area contributed by atoms with E-state index in [0.29, 0.717) is 40.8 Å². The van der Waals surface area contributed by atoms with Gasteiger partial charge < -0.3 is 26.0 Å². The normalized spacial score (nSPS) is 21.2. The van der Waals surface area contributed by atoms with Crippen molar-refractivity contribution in [1.29, 1.82) is 0 Å². The first-order valence-corrected chi connectivity index (χ1v) is 14.3. The number of fused-ring (bicyclic) bond motifs is 2. The summed E-state index contributed by atoms with van der Waals surface area (Å²) in [5.41, 5.74) is 8.07. The van der Waals surface area contributed by atoms with Crippen molar-refractivity contribution in [3.8, 4) is 22.8 Å². The Labute approximate surface area is 248 Å². The predicted molar refractivity (Wildman–Crippen MR) is 150 cm³/mol. The third kappa shape index (κ3) is 4.56. The first-order valence-electron chi connectivity index (χ1n) is 14.3. The summed E-state index contributed by atoms with van der Waals surface area (Å²) in [4.78, 5) is 16.9. The number of aryl methyl sites for hydroxylation is 1. The Kier molecular flexibility index (Phi) is 6.25. The zero-order valence-corrected chi connectivity index (χ0v) is 23.6.